The van der Waals surface area contributed by atoms with Gasteiger partial charge in [0.25, 0.3) is 0 Å². The van der Waals surface area contributed by atoms with Gasteiger partial charge in [-0.2, -0.15) is 28.8 Å². The SMILES string of the molecule is CC1=[C-]CC(C(C)(C)C)=C1.Cc1cc(C(C)(C)C)c[cH-]1.[Cl-].[Cl-].[Zr+4]. The third-order valence-electron chi connectivity index (χ3n) is 3.69. The van der Waals surface area contributed by atoms with Crippen molar-refractivity contribution in [2.24, 2.45) is 5.41 Å². The Labute approximate surface area is 175 Å². The first-order valence-electron chi connectivity index (χ1n) is 7.52. The van der Waals surface area contributed by atoms with Gasteiger partial charge < -0.3 is 24.8 Å². The summed E-state index contributed by atoms with van der Waals surface area (Å²) in [5, 5.41) is 0. The van der Waals surface area contributed by atoms with Crippen molar-refractivity contribution >= 4 is 0 Å². The Balaban J connectivity index is -0.000000308. The van der Waals surface area contributed by atoms with Gasteiger partial charge in [-0.1, -0.05) is 60.8 Å². The maximum absolute atomic E-state index is 3.30. The maximum atomic E-state index is 3.30. The first-order valence-corrected chi connectivity index (χ1v) is 7.52. The van der Waals surface area contributed by atoms with E-state index >= 15 is 0 Å². The van der Waals surface area contributed by atoms with E-state index in [4.69, 9.17) is 0 Å². The van der Waals surface area contributed by atoms with Gasteiger partial charge in [0, 0.05) is 0 Å². The average molecular weight is 433 g/mol. The van der Waals surface area contributed by atoms with Gasteiger partial charge in [-0.15, -0.1) is 6.42 Å². The molecule has 1 aliphatic carbocycles. The molecular weight excluding hydrogens is 402 g/mol. The zero-order valence-electron chi connectivity index (χ0n) is 15.8. The molecule has 0 aromatic heterocycles. The molecule has 0 spiro atoms. The Hall–Kier alpha value is 0.293. The Morgan fingerprint density at radius 1 is 0.957 bits per heavy atom. The van der Waals surface area contributed by atoms with Gasteiger partial charge in [0.05, 0.1) is 0 Å². The Morgan fingerprint density at radius 2 is 1.48 bits per heavy atom. The minimum atomic E-state index is 0. The molecule has 0 amide bonds. The van der Waals surface area contributed by atoms with E-state index in [2.05, 4.69) is 85.7 Å². The molecule has 0 unspecified atom stereocenters. The average Bonchev–Trinajstić information content (AvgIpc) is 2.85. The molecule has 0 fully saturated rings. The second-order valence-electron chi connectivity index (χ2n) is 7.88. The van der Waals surface area contributed by atoms with Crippen LogP contribution in [-0.2, 0) is 31.6 Å². The van der Waals surface area contributed by atoms with Crippen LogP contribution >= 0.6 is 0 Å². The third kappa shape index (κ3) is 10.0. The second kappa shape index (κ2) is 11.0. The van der Waals surface area contributed by atoms with Gasteiger partial charge in [0.2, 0.25) is 0 Å². The van der Waals surface area contributed by atoms with E-state index in [-0.39, 0.29) is 51.0 Å². The summed E-state index contributed by atoms with van der Waals surface area (Å²) in [4.78, 5) is 0. The third-order valence-corrected chi connectivity index (χ3v) is 3.69. The van der Waals surface area contributed by atoms with E-state index in [1.807, 2.05) is 0 Å². The molecule has 1 aromatic carbocycles. The first-order chi connectivity index (χ1) is 9.00. The molecule has 0 saturated carbocycles. The number of allylic oxidation sites excluding steroid dienone is 4. The Kier molecular flexibility index (Phi) is 13.5. The largest absolute Gasteiger partial charge is 4.00 e. The summed E-state index contributed by atoms with van der Waals surface area (Å²) >= 11 is 0. The van der Waals surface area contributed by atoms with E-state index in [0.29, 0.717) is 10.8 Å². The van der Waals surface area contributed by atoms with Crippen LogP contribution in [0.2, 0.25) is 0 Å². The fourth-order valence-corrected chi connectivity index (χ4v) is 2.11. The fourth-order valence-electron chi connectivity index (χ4n) is 2.11. The number of halogens is 2. The minimum absolute atomic E-state index is 0. The zero-order valence-corrected chi connectivity index (χ0v) is 19.7. The number of rotatable bonds is 0. The standard InChI is InChI=1S/2C10H15.2ClH.Zr/c2*1-8-5-6-9(7-8)10(2,3)4;;;/h7H,6H2,1-4H3;5-7H,1-4H3;2*1H;/q2*-1;;;+4/p-2. The van der Waals surface area contributed by atoms with Gasteiger partial charge in [-0.25, -0.2) is 17.7 Å². The second-order valence-corrected chi connectivity index (χ2v) is 7.88. The summed E-state index contributed by atoms with van der Waals surface area (Å²) < 4.78 is 0. The summed E-state index contributed by atoms with van der Waals surface area (Å²) in [5.74, 6) is 0. The molecule has 0 N–H and O–H groups in total. The quantitative estimate of drug-likeness (QED) is 0.512. The number of hydrogen-bond acceptors (Lipinski definition) is 0. The summed E-state index contributed by atoms with van der Waals surface area (Å²) in [7, 11) is 0. The molecule has 0 radical (unpaired) electrons. The predicted molar refractivity (Wildman–Crippen MR) is 90.1 cm³/mol. The molecule has 3 heteroatoms. The van der Waals surface area contributed by atoms with Gasteiger partial charge in [0.1, 0.15) is 0 Å². The van der Waals surface area contributed by atoms with Crippen molar-refractivity contribution in [3.63, 3.8) is 0 Å². The predicted octanol–water partition coefficient (Wildman–Crippen LogP) is 0.129. The van der Waals surface area contributed by atoms with Crippen molar-refractivity contribution in [1.29, 1.82) is 0 Å². The summed E-state index contributed by atoms with van der Waals surface area (Å²) in [6, 6.07) is 6.62. The summed E-state index contributed by atoms with van der Waals surface area (Å²) in [5.41, 5.74) is 6.25. The van der Waals surface area contributed by atoms with Crippen LogP contribution in [0.5, 0.6) is 0 Å². The van der Waals surface area contributed by atoms with Crippen LogP contribution in [0, 0.1) is 18.4 Å². The molecule has 128 valence electrons. The first kappa shape index (κ1) is 28.1. The minimum Gasteiger partial charge on any atom is -1.00 e. The van der Waals surface area contributed by atoms with Gasteiger partial charge in [0.15, 0.2) is 0 Å². The molecule has 0 bridgehead atoms. The smallest absolute Gasteiger partial charge is 1.00 e. The monoisotopic (exact) mass is 430 g/mol. The van der Waals surface area contributed by atoms with Crippen LogP contribution in [0.1, 0.15) is 66.0 Å². The van der Waals surface area contributed by atoms with E-state index in [9.17, 15) is 0 Å². The van der Waals surface area contributed by atoms with Crippen LogP contribution in [-0.4, -0.2) is 0 Å². The topological polar surface area (TPSA) is 0 Å². The van der Waals surface area contributed by atoms with Crippen molar-refractivity contribution in [3.8, 4) is 0 Å². The van der Waals surface area contributed by atoms with Crippen molar-refractivity contribution in [2.45, 2.75) is 67.2 Å². The normalized spacial score (nSPS) is 13.4. The summed E-state index contributed by atoms with van der Waals surface area (Å²) in [6.07, 6.45) is 6.59. The van der Waals surface area contributed by atoms with Gasteiger partial charge >= 0.3 is 26.2 Å². The molecule has 2 rings (SSSR count). The number of aryl methyl sites for hydroxylation is 1. The van der Waals surface area contributed by atoms with Gasteiger partial charge in [-0.3, -0.25) is 6.08 Å². The molecule has 1 aromatic rings. The molecular formula is C20H30Cl2Zr. The Morgan fingerprint density at radius 3 is 1.65 bits per heavy atom. The van der Waals surface area contributed by atoms with Crippen LogP contribution < -0.4 is 24.8 Å². The maximum Gasteiger partial charge on any atom is 4.00 e. The van der Waals surface area contributed by atoms with Crippen molar-refractivity contribution < 1.29 is 51.0 Å². The van der Waals surface area contributed by atoms with E-state index in [0.717, 1.165) is 6.42 Å². The van der Waals surface area contributed by atoms with Crippen molar-refractivity contribution in [1.82, 2.24) is 0 Å². The van der Waals surface area contributed by atoms with Crippen molar-refractivity contribution in [3.05, 3.63) is 52.6 Å². The van der Waals surface area contributed by atoms with Crippen molar-refractivity contribution in [2.75, 3.05) is 0 Å². The van der Waals surface area contributed by atoms with Crippen LogP contribution in [0.3, 0.4) is 0 Å². The van der Waals surface area contributed by atoms with Crippen LogP contribution in [0.4, 0.5) is 0 Å². The molecule has 0 atom stereocenters. The molecule has 23 heavy (non-hydrogen) atoms. The molecule has 1 aliphatic rings. The zero-order chi connectivity index (χ0) is 15.6. The molecule has 0 aliphatic heterocycles. The van der Waals surface area contributed by atoms with E-state index < -0.39 is 0 Å². The Bertz CT molecular complexity index is 508. The van der Waals surface area contributed by atoms with Crippen LogP contribution in [0.15, 0.2) is 35.4 Å². The molecule has 0 nitrogen and oxygen atoms in total. The van der Waals surface area contributed by atoms with Crippen LogP contribution in [0.25, 0.3) is 0 Å². The summed E-state index contributed by atoms with van der Waals surface area (Å²) in [6.45, 7) is 17.7. The van der Waals surface area contributed by atoms with Gasteiger partial charge in [-0.05, 0) is 5.41 Å². The van der Waals surface area contributed by atoms with E-state index in [1.54, 1.807) is 0 Å². The number of hydrogen-bond donors (Lipinski definition) is 0. The fraction of sp³-hybridized carbons (Fsp3) is 0.550. The molecule has 0 saturated heterocycles. The molecule has 0 heterocycles. The van der Waals surface area contributed by atoms with E-state index in [1.165, 1.54) is 22.3 Å².